The Balaban J connectivity index is 4.06. The van der Waals surface area contributed by atoms with Crippen LogP contribution in [0.15, 0.2) is 0 Å². The van der Waals surface area contributed by atoms with Gasteiger partial charge in [-0.3, -0.25) is 9.59 Å². The molecule has 0 saturated carbocycles. The molecule has 3 nitrogen and oxygen atoms in total. The number of carbonyl (C=O) groups excluding carboxylic acids is 2. The zero-order valence-corrected chi connectivity index (χ0v) is 8.27. The van der Waals surface area contributed by atoms with Crippen molar-refractivity contribution in [3.63, 3.8) is 0 Å². The van der Waals surface area contributed by atoms with Crippen LogP contribution in [0, 0.1) is 5.41 Å². The monoisotopic (exact) mass is 192 g/mol. The number of hydrogen-bond donors (Lipinski definition) is 0. The summed E-state index contributed by atoms with van der Waals surface area (Å²) in [6.07, 6.45) is 0.0309. The SMILES string of the molecule is CCOC(=O)CC(C)(C)C(=O)Cl. The van der Waals surface area contributed by atoms with E-state index in [1.165, 1.54) is 0 Å². The number of ether oxygens (including phenoxy) is 1. The molecule has 70 valence electrons. The summed E-state index contributed by atoms with van der Waals surface area (Å²) in [7, 11) is 0. The minimum atomic E-state index is -0.826. The van der Waals surface area contributed by atoms with E-state index >= 15 is 0 Å². The smallest absolute Gasteiger partial charge is 0.306 e. The molecule has 0 rings (SSSR count). The van der Waals surface area contributed by atoms with Crippen LogP contribution in [0.1, 0.15) is 27.2 Å². The predicted molar refractivity (Wildman–Crippen MR) is 45.9 cm³/mol. The highest BCUT2D eigenvalue weighted by molar-refractivity contribution is 6.64. The molecule has 0 spiro atoms. The molecule has 4 heteroatoms. The van der Waals surface area contributed by atoms with Gasteiger partial charge >= 0.3 is 5.97 Å². The number of carbonyl (C=O) groups is 2. The van der Waals surface area contributed by atoms with E-state index in [0.717, 1.165) is 0 Å². The fourth-order valence-electron chi connectivity index (χ4n) is 0.642. The Kier molecular flexibility index (Phi) is 4.24. The highest BCUT2D eigenvalue weighted by Gasteiger charge is 2.29. The van der Waals surface area contributed by atoms with Crippen molar-refractivity contribution in [3.05, 3.63) is 0 Å². The fraction of sp³-hybridized carbons (Fsp3) is 0.750. The Morgan fingerprint density at radius 3 is 2.25 bits per heavy atom. The highest BCUT2D eigenvalue weighted by Crippen LogP contribution is 2.23. The van der Waals surface area contributed by atoms with Crippen LogP contribution in [0.2, 0.25) is 0 Å². The molecule has 0 aromatic rings. The van der Waals surface area contributed by atoms with E-state index < -0.39 is 16.6 Å². The molecule has 0 amide bonds. The van der Waals surface area contributed by atoms with Crippen LogP contribution in [0.25, 0.3) is 0 Å². The summed E-state index contributed by atoms with van der Waals surface area (Å²) in [4.78, 5) is 21.7. The van der Waals surface area contributed by atoms with Gasteiger partial charge in [-0.05, 0) is 18.5 Å². The zero-order chi connectivity index (χ0) is 9.78. The maximum absolute atomic E-state index is 10.9. The summed E-state index contributed by atoms with van der Waals surface area (Å²) in [5, 5.41) is -0.518. The molecule has 0 aliphatic carbocycles. The highest BCUT2D eigenvalue weighted by atomic mass is 35.5. The Labute approximate surface area is 77.0 Å². The third-order valence-electron chi connectivity index (χ3n) is 1.42. The van der Waals surface area contributed by atoms with Crippen molar-refractivity contribution in [2.24, 2.45) is 5.41 Å². The molecule has 0 aliphatic rings. The number of halogens is 1. The van der Waals surface area contributed by atoms with Crippen LogP contribution in [0.3, 0.4) is 0 Å². The summed E-state index contributed by atoms with van der Waals surface area (Å²) >= 11 is 5.27. The molecule has 0 aliphatic heterocycles. The van der Waals surface area contributed by atoms with E-state index in [1.54, 1.807) is 20.8 Å². The molecule has 0 atom stereocenters. The van der Waals surface area contributed by atoms with Gasteiger partial charge in [-0.25, -0.2) is 0 Å². The van der Waals surface area contributed by atoms with E-state index in [1.807, 2.05) is 0 Å². The summed E-state index contributed by atoms with van der Waals surface area (Å²) in [6, 6.07) is 0. The van der Waals surface area contributed by atoms with Gasteiger partial charge in [0.05, 0.1) is 13.0 Å². The standard InChI is InChI=1S/C8H13ClO3/c1-4-12-6(10)5-8(2,3)7(9)11/h4-5H2,1-3H3. The molecule has 0 aromatic heterocycles. The van der Waals surface area contributed by atoms with E-state index in [2.05, 4.69) is 4.74 Å². The number of hydrogen-bond acceptors (Lipinski definition) is 3. The molecule has 0 saturated heterocycles. The Hall–Kier alpha value is -0.570. The lowest BCUT2D eigenvalue weighted by molar-refractivity contribution is -0.147. The molecule has 0 fully saturated rings. The second-order valence-corrected chi connectivity index (χ2v) is 3.48. The molecule has 0 aromatic carbocycles. The molecule has 0 radical (unpaired) electrons. The van der Waals surface area contributed by atoms with Crippen molar-refractivity contribution in [3.8, 4) is 0 Å². The number of esters is 1. The van der Waals surface area contributed by atoms with Crippen molar-refractivity contribution in [1.82, 2.24) is 0 Å². The molecule has 0 bridgehead atoms. The van der Waals surface area contributed by atoms with Crippen molar-refractivity contribution >= 4 is 22.8 Å². The van der Waals surface area contributed by atoms with E-state index in [4.69, 9.17) is 11.6 Å². The largest absolute Gasteiger partial charge is 0.466 e. The average Bonchev–Trinajstić information content (AvgIpc) is 1.85. The lowest BCUT2D eigenvalue weighted by Gasteiger charge is -2.17. The van der Waals surface area contributed by atoms with Gasteiger partial charge in [0.25, 0.3) is 0 Å². The van der Waals surface area contributed by atoms with Gasteiger partial charge < -0.3 is 4.74 Å². The van der Waals surface area contributed by atoms with Gasteiger partial charge in [-0.15, -0.1) is 0 Å². The first kappa shape index (κ1) is 11.4. The lowest BCUT2D eigenvalue weighted by atomic mass is 9.91. The summed E-state index contributed by atoms with van der Waals surface area (Å²) in [6.45, 7) is 5.26. The van der Waals surface area contributed by atoms with Crippen molar-refractivity contribution in [2.75, 3.05) is 6.61 Å². The second kappa shape index (κ2) is 4.45. The van der Waals surface area contributed by atoms with E-state index in [0.29, 0.717) is 6.61 Å². The first-order valence-corrected chi connectivity index (χ1v) is 4.13. The Morgan fingerprint density at radius 2 is 1.92 bits per heavy atom. The van der Waals surface area contributed by atoms with Crippen LogP contribution in [-0.2, 0) is 14.3 Å². The summed E-state index contributed by atoms with van der Waals surface area (Å²) < 4.78 is 4.68. The molecule has 12 heavy (non-hydrogen) atoms. The van der Waals surface area contributed by atoms with Crippen LogP contribution in [0.5, 0.6) is 0 Å². The third-order valence-corrected chi connectivity index (χ3v) is 1.94. The minimum Gasteiger partial charge on any atom is -0.466 e. The number of rotatable bonds is 4. The van der Waals surface area contributed by atoms with Gasteiger partial charge in [0.15, 0.2) is 0 Å². The molecular formula is C8H13ClO3. The van der Waals surface area contributed by atoms with Gasteiger partial charge in [0.1, 0.15) is 0 Å². The first-order chi connectivity index (χ1) is 5.40. The normalized spacial score (nSPS) is 11.0. The second-order valence-electron chi connectivity index (χ2n) is 3.14. The molecular weight excluding hydrogens is 180 g/mol. The predicted octanol–water partition coefficient (Wildman–Crippen LogP) is 1.73. The third kappa shape index (κ3) is 3.72. The lowest BCUT2D eigenvalue weighted by Crippen LogP contribution is -2.24. The molecule has 0 heterocycles. The Morgan fingerprint density at radius 1 is 1.42 bits per heavy atom. The topological polar surface area (TPSA) is 43.4 Å². The van der Waals surface area contributed by atoms with Crippen molar-refractivity contribution in [1.29, 1.82) is 0 Å². The maximum atomic E-state index is 10.9. The van der Waals surface area contributed by atoms with Crippen molar-refractivity contribution in [2.45, 2.75) is 27.2 Å². The first-order valence-electron chi connectivity index (χ1n) is 3.75. The van der Waals surface area contributed by atoms with E-state index in [-0.39, 0.29) is 6.42 Å². The average molecular weight is 193 g/mol. The fourth-order valence-corrected chi connectivity index (χ4v) is 0.709. The van der Waals surface area contributed by atoms with Crippen molar-refractivity contribution < 1.29 is 14.3 Å². The van der Waals surface area contributed by atoms with Gasteiger partial charge in [-0.1, -0.05) is 13.8 Å². The maximum Gasteiger partial charge on any atom is 0.306 e. The summed E-state index contributed by atoms with van der Waals surface area (Å²) in [5.41, 5.74) is -0.826. The summed E-state index contributed by atoms with van der Waals surface area (Å²) in [5.74, 6) is -0.392. The molecule has 0 unspecified atom stereocenters. The molecule has 0 N–H and O–H groups in total. The quantitative estimate of drug-likeness (QED) is 0.503. The van der Waals surface area contributed by atoms with Gasteiger partial charge in [0, 0.05) is 5.41 Å². The minimum absolute atomic E-state index is 0.0309. The van der Waals surface area contributed by atoms with Crippen LogP contribution >= 0.6 is 11.6 Å². The Bertz CT molecular complexity index is 187. The van der Waals surface area contributed by atoms with Gasteiger partial charge in [0.2, 0.25) is 5.24 Å². The zero-order valence-electron chi connectivity index (χ0n) is 7.52. The van der Waals surface area contributed by atoms with Crippen LogP contribution in [0.4, 0.5) is 0 Å². The van der Waals surface area contributed by atoms with Crippen LogP contribution < -0.4 is 0 Å². The van der Waals surface area contributed by atoms with Gasteiger partial charge in [-0.2, -0.15) is 0 Å². The van der Waals surface area contributed by atoms with E-state index in [9.17, 15) is 9.59 Å². The van der Waals surface area contributed by atoms with Crippen LogP contribution in [-0.4, -0.2) is 17.8 Å².